The van der Waals surface area contributed by atoms with Crippen LogP contribution in [0.3, 0.4) is 0 Å². The van der Waals surface area contributed by atoms with Crippen molar-refractivity contribution < 1.29 is 37.0 Å². The Morgan fingerprint density at radius 1 is 1.12 bits per heavy atom. The molecule has 3 N–H and O–H groups in total. The Kier molecular flexibility index (Phi) is 7.70. The van der Waals surface area contributed by atoms with Crippen LogP contribution >= 0.6 is 0 Å². The monoisotopic (exact) mass is 582 g/mol. The summed E-state index contributed by atoms with van der Waals surface area (Å²) in [6, 6.07) is 11.9. The highest BCUT2D eigenvalue weighted by molar-refractivity contribution is 6.06. The van der Waals surface area contributed by atoms with Crippen molar-refractivity contribution in [3.63, 3.8) is 0 Å². The number of ether oxygens (including phenoxy) is 2. The van der Waals surface area contributed by atoms with Gasteiger partial charge in [0.1, 0.15) is 11.3 Å². The number of amides is 3. The number of carbonyl (C=O) groups excluding carboxylic acids is 3. The van der Waals surface area contributed by atoms with Gasteiger partial charge in [0.25, 0.3) is 11.8 Å². The third kappa shape index (κ3) is 6.11. The van der Waals surface area contributed by atoms with Crippen molar-refractivity contribution in [2.45, 2.75) is 25.4 Å². The Morgan fingerprint density at radius 2 is 1.90 bits per heavy atom. The van der Waals surface area contributed by atoms with Gasteiger partial charge < -0.3 is 25.0 Å². The molecule has 2 aromatic heterocycles. The Hall–Kier alpha value is -5.14. The first-order valence-corrected chi connectivity index (χ1v) is 12.7. The predicted octanol–water partition coefficient (Wildman–Crippen LogP) is 3.42. The van der Waals surface area contributed by atoms with Gasteiger partial charge in [-0.15, -0.1) is 13.2 Å². The lowest BCUT2D eigenvalue weighted by molar-refractivity contribution is -0.274. The molecule has 4 aromatic rings. The zero-order chi connectivity index (χ0) is 30.0. The number of rotatable bonds is 8. The lowest BCUT2D eigenvalue weighted by Gasteiger charge is -2.14. The Bertz CT molecular complexity index is 1670. The number of para-hydroxylation sites is 1. The van der Waals surface area contributed by atoms with Crippen molar-refractivity contribution in [2.24, 2.45) is 0 Å². The molecule has 1 atom stereocenters. The zero-order valence-corrected chi connectivity index (χ0v) is 22.4. The third-order valence-electron chi connectivity index (χ3n) is 6.71. The fraction of sp³-hybridized carbons (Fsp3) is 0.250. The average Bonchev–Trinajstić information content (AvgIpc) is 3.52. The number of nitrogens with one attached hydrogen (secondary N) is 3. The number of methoxy groups -OCH3 is 1. The fourth-order valence-electron chi connectivity index (χ4n) is 4.67. The van der Waals surface area contributed by atoms with E-state index in [1.54, 1.807) is 30.1 Å². The topological polar surface area (TPSA) is 139 Å². The van der Waals surface area contributed by atoms with Crippen molar-refractivity contribution >= 4 is 28.6 Å². The molecule has 2 aromatic carbocycles. The second-order valence-electron chi connectivity index (χ2n) is 9.60. The summed E-state index contributed by atoms with van der Waals surface area (Å²) >= 11 is 0. The van der Waals surface area contributed by atoms with Crippen molar-refractivity contribution in [3.05, 3.63) is 71.5 Å². The lowest BCUT2D eigenvalue weighted by atomic mass is 10.0. The van der Waals surface area contributed by atoms with Crippen LogP contribution in [0.1, 0.15) is 32.8 Å². The minimum atomic E-state index is -4.88. The second-order valence-corrected chi connectivity index (χ2v) is 9.60. The first kappa shape index (κ1) is 28.4. The predicted molar refractivity (Wildman–Crippen MR) is 144 cm³/mol. The number of hydrogen-bond donors (Lipinski definition) is 3. The molecule has 0 aliphatic carbocycles. The molecule has 0 saturated carbocycles. The number of carbonyl (C=O) groups is 3. The van der Waals surface area contributed by atoms with Crippen LogP contribution in [0.5, 0.6) is 11.6 Å². The summed E-state index contributed by atoms with van der Waals surface area (Å²) in [6.07, 6.45) is -3.15. The van der Waals surface area contributed by atoms with E-state index in [0.717, 1.165) is 6.07 Å². The van der Waals surface area contributed by atoms with E-state index in [2.05, 4.69) is 30.6 Å². The van der Waals surface area contributed by atoms with Crippen LogP contribution < -0.4 is 20.1 Å². The van der Waals surface area contributed by atoms with Gasteiger partial charge in [0.05, 0.1) is 18.7 Å². The molecule has 0 spiro atoms. The number of aromatic nitrogens is 3. The van der Waals surface area contributed by atoms with Crippen LogP contribution in [0.4, 0.5) is 13.2 Å². The van der Waals surface area contributed by atoms with Gasteiger partial charge >= 0.3 is 6.36 Å². The zero-order valence-electron chi connectivity index (χ0n) is 22.4. The van der Waals surface area contributed by atoms with Gasteiger partial charge in [0.2, 0.25) is 11.8 Å². The summed E-state index contributed by atoms with van der Waals surface area (Å²) < 4.78 is 47.6. The summed E-state index contributed by atoms with van der Waals surface area (Å²) in [6.45, 7) is 0.181. The van der Waals surface area contributed by atoms with E-state index in [4.69, 9.17) is 4.74 Å². The molecule has 11 nitrogen and oxygen atoms in total. The Balaban J connectivity index is 1.34. The molecule has 1 saturated heterocycles. The number of H-pyrrole nitrogens is 1. The number of alkyl halides is 3. The number of benzene rings is 2. The third-order valence-corrected chi connectivity index (χ3v) is 6.71. The Labute approximate surface area is 237 Å². The van der Waals surface area contributed by atoms with Crippen LogP contribution in [0.15, 0.2) is 54.7 Å². The molecule has 1 unspecified atom stereocenters. The van der Waals surface area contributed by atoms with Gasteiger partial charge in [0, 0.05) is 49.3 Å². The highest BCUT2D eigenvalue weighted by atomic mass is 19.4. The maximum Gasteiger partial charge on any atom is 0.573 e. The van der Waals surface area contributed by atoms with Gasteiger partial charge in [-0.2, -0.15) is 5.10 Å². The molecule has 0 bridgehead atoms. The van der Waals surface area contributed by atoms with Gasteiger partial charge in [-0.3, -0.25) is 19.5 Å². The SMILES string of the molecule is COc1ncc(-c2ccc3c(C(=O)NC4CC(=O)N(C)C4)n[nH]c3c2)cc1C(=O)NCc1ccccc1OC(F)(F)F. The molecule has 1 aliphatic rings. The molecule has 1 aliphatic heterocycles. The van der Waals surface area contributed by atoms with E-state index >= 15 is 0 Å². The fourth-order valence-corrected chi connectivity index (χ4v) is 4.67. The summed E-state index contributed by atoms with van der Waals surface area (Å²) in [7, 11) is 3.02. The molecule has 42 heavy (non-hydrogen) atoms. The number of aromatic amines is 1. The number of fused-ring (bicyclic) bond motifs is 1. The van der Waals surface area contributed by atoms with Crippen LogP contribution in [0.2, 0.25) is 0 Å². The van der Waals surface area contributed by atoms with Crippen molar-refractivity contribution in [2.75, 3.05) is 20.7 Å². The number of likely N-dealkylation sites (tertiary alicyclic amines) is 1. The molecule has 218 valence electrons. The van der Waals surface area contributed by atoms with Crippen molar-refractivity contribution in [3.8, 4) is 22.8 Å². The first-order valence-electron chi connectivity index (χ1n) is 12.7. The molecule has 1 fully saturated rings. The molecule has 5 rings (SSSR count). The summed E-state index contributed by atoms with van der Waals surface area (Å²) in [5.41, 5.74) is 2.11. The number of halogens is 3. The van der Waals surface area contributed by atoms with Crippen LogP contribution in [-0.4, -0.2) is 70.9 Å². The van der Waals surface area contributed by atoms with E-state index in [9.17, 15) is 27.6 Å². The second kappa shape index (κ2) is 11.4. The summed E-state index contributed by atoms with van der Waals surface area (Å²) in [4.78, 5) is 43.5. The van der Waals surface area contributed by atoms with E-state index in [1.807, 2.05) is 0 Å². The Morgan fingerprint density at radius 3 is 2.62 bits per heavy atom. The van der Waals surface area contributed by atoms with Crippen LogP contribution in [-0.2, 0) is 11.3 Å². The smallest absolute Gasteiger partial charge is 0.480 e. The summed E-state index contributed by atoms with van der Waals surface area (Å²) in [5.74, 6) is -1.48. The molecule has 3 heterocycles. The van der Waals surface area contributed by atoms with Gasteiger partial charge in [0.15, 0.2) is 5.69 Å². The number of nitrogens with zero attached hydrogens (tertiary/aromatic N) is 3. The average molecular weight is 583 g/mol. The standard InChI is InChI=1S/C28H25F3N6O5/c1-37-14-18(11-23(37)38)34-26(40)24-19-8-7-15(10-21(19)35-36-24)17-9-20(27(41-2)33-13-17)25(39)32-12-16-5-3-4-6-22(16)42-28(29,30)31/h3-10,13,18H,11-12,14H2,1-2H3,(H,32,39)(H,34,40)(H,35,36). The van der Waals surface area contributed by atoms with E-state index in [0.29, 0.717) is 28.6 Å². The molecular formula is C28H25F3N6O5. The summed E-state index contributed by atoms with van der Waals surface area (Å²) in [5, 5.41) is 13.0. The maximum atomic E-state index is 13.1. The molecular weight excluding hydrogens is 557 g/mol. The molecule has 3 amide bonds. The van der Waals surface area contributed by atoms with Gasteiger partial charge in [-0.1, -0.05) is 24.3 Å². The van der Waals surface area contributed by atoms with Crippen molar-refractivity contribution in [1.29, 1.82) is 0 Å². The first-order chi connectivity index (χ1) is 20.0. The lowest BCUT2D eigenvalue weighted by Crippen LogP contribution is -2.36. The highest BCUT2D eigenvalue weighted by Gasteiger charge is 2.32. The van der Waals surface area contributed by atoms with E-state index in [1.165, 1.54) is 37.6 Å². The van der Waals surface area contributed by atoms with Crippen LogP contribution in [0.25, 0.3) is 22.0 Å². The highest BCUT2D eigenvalue weighted by Crippen LogP contribution is 2.29. The molecule has 0 radical (unpaired) electrons. The van der Waals surface area contributed by atoms with Crippen molar-refractivity contribution in [1.82, 2.24) is 30.7 Å². The minimum absolute atomic E-state index is 0.0219. The number of pyridine rings is 1. The number of hydrogen-bond acceptors (Lipinski definition) is 7. The minimum Gasteiger partial charge on any atom is -0.480 e. The van der Waals surface area contributed by atoms with Crippen LogP contribution in [0, 0.1) is 0 Å². The van der Waals surface area contributed by atoms with Gasteiger partial charge in [-0.05, 0) is 29.8 Å². The number of likely N-dealkylation sites (N-methyl/N-ethyl adjacent to an activating group) is 1. The molecule has 14 heteroatoms. The largest absolute Gasteiger partial charge is 0.573 e. The van der Waals surface area contributed by atoms with E-state index in [-0.39, 0.29) is 47.6 Å². The normalized spacial score (nSPS) is 15.1. The maximum absolute atomic E-state index is 13.1. The van der Waals surface area contributed by atoms with E-state index < -0.39 is 23.9 Å². The van der Waals surface area contributed by atoms with Gasteiger partial charge in [-0.25, -0.2) is 4.98 Å². The quantitative estimate of drug-likeness (QED) is 0.289.